The number of unbranched alkanes of at least 4 members (excludes halogenated alkanes) is 5. The first-order valence-corrected chi connectivity index (χ1v) is 8.19. The topological polar surface area (TPSA) is 27.7 Å². The molecule has 110 valence electrons. The molecule has 0 aliphatic heterocycles. The molecule has 0 spiro atoms. The van der Waals surface area contributed by atoms with E-state index in [1.54, 1.807) is 0 Å². The molecule has 0 saturated carbocycles. The molecule has 3 nitrogen and oxygen atoms in total. The third-order valence-corrected chi connectivity index (χ3v) is 5.48. The molecule has 0 bridgehead atoms. The monoisotopic (exact) mass is 288 g/mol. The summed E-state index contributed by atoms with van der Waals surface area (Å²) in [6.45, 7) is 2.12. The molecule has 0 aliphatic carbocycles. The van der Waals surface area contributed by atoms with Crippen molar-refractivity contribution in [3.63, 3.8) is 0 Å². The van der Waals surface area contributed by atoms with Crippen molar-refractivity contribution in [2.75, 3.05) is 14.2 Å². The van der Waals surface area contributed by atoms with Crippen LogP contribution in [0.1, 0.15) is 45.4 Å². The van der Waals surface area contributed by atoms with E-state index in [2.05, 4.69) is 11.3 Å². The smallest absolute Gasteiger partial charge is 0.377 e. The Kier molecular flexibility index (Phi) is 8.84. The third-order valence-electron chi connectivity index (χ3n) is 2.73. The Balaban J connectivity index is 4.03. The van der Waals surface area contributed by atoms with Gasteiger partial charge in [-0.1, -0.05) is 39.0 Å². The van der Waals surface area contributed by atoms with E-state index in [-0.39, 0.29) is 6.04 Å². The number of hydrogen-bond donors (Lipinski definition) is 0. The lowest BCUT2D eigenvalue weighted by Gasteiger charge is -2.27. The molecule has 0 fully saturated rings. The maximum absolute atomic E-state index is 12.3. The van der Waals surface area contributed by atoms with Gasteiger partial charge >= 0.3 is 15.2 Å². The minimum absolute atomic E-state index is 0.200. The Morgan fingerprint density at radius 2 is 1.39 bits per heavy atom. The lowest BCUT2D eigenvalue weighted by atomic mass is 10.1. The average molecular weight is 288 g/mol. The van der Waals surface area contributed by atoms with E-state index in [4.69, 9.17) is 8.85 Å². The summed E-state index contributed by atoms with van der Waals surface area (Å²) in [5, 5.41) is 0. The summed E-state index contributed by atoms with van der Waals surface area (Å²) in [4.78, 5) is 0. The van der Waals surface area contributed by atoms with Gasteiger partial charge in [-0.3, -0.25) is 4.43 Å². The van der Waals surface area contributed by atoms with Crippen molar-refractivity contribution < 1.29 is 26.4 Å². The summed E-state index contributed by atoms with van der Waals surface area (Å²) in [5.74, 6) is 0. The Morgan fingerprint density at radius 3 is 1.83 bits per heavy atom. The fraction of sp³-hybridized carbons (Fsp3) is 1.00. The van der Waals surface area contributed by atoms with Crippen LogP contribution in [0.3, 0.4) is 0 Å². The minimum atomic E-state index is -4.71. The zero-order valence-corrected chi connectivity index (χ0v) is 12.3. The summed E-state index contributed by atoms with van der Waals surface area (Å²) in [6, 6.07) is 0.200. The van der Waals surface area contributed by atoms with Crippen molar-refractivity contribution in [3.8, 4) is 0 Å². The van der Waals surface area contributed by atoms with Crippen LogP contribution in [0, 0.1) is 0 Å². The second-order valence-corrected chi connectivity index (χ2v) is 7.04. The molecular formula is C11H23F3O3Si. The zero-order chi connectivity index (χ0) is 14.1. The second kappa shape index (κ2) is 8.90. The van der Waals surface area contributed by atoms with Crippen molar-refractivity contribution in [2.24, 2.45) is 0 Å². The fourth-order valence-corrected chi connectivity index (χ4v) is 3.60. The molecule has 0 amide bonds. The van der Waals surface area contributed by atoms with Crippen LogP contribution in [0.2, 0.25) is 6.04 Å². The average Bonchev–Trinajstić information content (AvgIpc) is 2.30. The van der Waals surface area contributed by atoms with E-state index in [9.17, 15) is 13.2 Å². The van der Waals surface area contributed by atoms with Gasteiger partial charge in [-0.25, -0.2) is 0 Å². The highest BCUT2D eigenvalue weighted by molar-refractivity contribution is 6.60. The van der Waals surface area contributed by atoms with E-state index in [1.807, 2.05) is 0 Å². The summed E-state index contributed by atoms with van der Waals surface area (Å²) >= 11 is 0. The Morgan fingerprint density at radius 1 is 0.889 bits per heavy atom. The van der Waals surface area contributed by atoms with Crippen LogP contribution in [0.15, 0.2) is 0 Å². The van der Waals surface area contributed by atoms with Gasteiger partial charge in [-0.2, -0.15) is 0 Å². The molecule has 0 unspecified atom stereocenters. The van der Waals surface area contributed by atoms with Gasteiger partial charge in [0.25, 0.3) is 0 Å². The normalized spacial score (nSPS) is 13.0. The molecule has 0 aliphatic rings. The highest BCUT2D eigenvalue weighted by Gasteiger charge is 2.49. The van der Waals surface area contributed by atoms with E-state index in [0.717, 1.165) is 32.1 Å². The molecule has 0 saturated heterocycles. The fourth-order valence-electron chi connectivity index (χ4n) is 1.72. The largest absolute Gasteiger partial charge is 0.516 e. The summed E-state index contributed by atoms with van der Waals surface area (Å²) < 4.78 is 50.5. The van der Waals surface area contributed by atoms with Gasteiger partial charge in [0.1, 0.15) is 0 Å². The van der Waals surface area contributed by atoms with Gasteiger partial charge in [0.15, 0.2) is 0 Å². The molecule has 0 heterocycles. The maximum Gasteiger partial charge on any atom is 0.516 e. The summed E-state index contributed by atoms with van der Waals surface area (Å²) in [7, 11) is -1.16. The first kappa shape index (κ1) is 17.9. The lowest BCUT2D eigenvalue weighted by Crippen LogP contribution is -2.47. The lowest BCUT2D eigenvalue weighted by molar-refractivity contribution is -0.296. The highest BCUT2D eigenvalue weighted by atomic mass is 28.4. The van der Waals surface area contributed by atoms with E-state index in [0.29, 0.717) is 6.42 Å². The third kappa shape index (κ3) is 8.07. The Bertz CT molecular complexity index is 208. The Labute approximate surface area is 108 Å². The molecule has 18 heavy (non-hydrogen) atoms. The molecule has 0 atom stereocenters. The van der Waals surface area contributed by atoms with Crippen molar-refractivity contribution >= 4 is 8.80 Å². The van der Waals surface area contributed by atoms with Crippen LogP contribution in [0.25, 0.3) is 0 Å². The van der Waals surface area contributed by atoms with E-state index < -0.39 is 15.2 Å². The predicted octanol–water partition coefficient (Wildman–Crippen LogP) is 4.12. The SMILES string of the molecule is CCCCCCCC[Si](OC)(OC)OC(F)(F)F. The van der Waals surface area contributed by atoms with Gasteiger partial charge in [0.2, 0.25) is 0 Å². The van der Waals surface area contributed by atoms with Gasteiger partial charge in [0.05, 0.1) is 0 Å². The first-order valence-electron chi connectivity index (χ1n) is 6.26. The van der Waals surface area contributed by atoms with Gasteiger partial charge in [0, 0.05) is 20.3 Å². The van der Waals surface area contributed by atoms with Crippen LogP contribution >= 0.6 is 0 Å². The van der Waals surface area contributed by atoms with Crippen LogP contribution < -0.4 is 0 Å². The van der Waals surface area contributed by atoms with Crippen molar-refractivity contribution in [1.82, 2.24) is 0 Å². The summed E-state index contributed by atoms with van der Waals surface area (Å²) in [5.41, 5.74) is 0. The highest BCUT2D eigenvalue weighted by Crippen LogP contribution is 2.28. The van der Waals surface area contributed by atoms with Crippen LogP contribution in [-0.2, 0) is 13.3 Å². The second-order valence-electron chi connectivity index (χ2n) is 4.16. The first-order chi connectivity index (χ1) is 8.39. The zero-order valence-electron chi connectivity index (χ0n) is 11.3. The van der Waals surface area contributed by atoms with Crippen LogP contribution in [0.4, 0.5) is 13.2 Å². The molecular weight excluding hydrogens is 265 g/mol. The molecule has 0 rings (SSSR count). The standard InChI is InChI=1S/C11H23F3O3Si/c1-4-5-6-7-8-9-10-18(15-2,16-3)17-11(12,13)14/h4-10H2,1-3H3. The Hall–Kier alpha value is -0.113. The number of hydrogen-bond acceptors (Lipinski definition) is 3. The molecule has 0 N–H and O–H groups in total. The minimum Gasteiger partial charge on any atom is -0.377 e. The summed E-state index contributed by atoms with van der Waals surface area (Å²) in [6.07, 6.45) is 1.25. The molecule has 0 aromatic rings. The van der Waals surface area contributed by atoms with Gasteiger partial charge in [-0.05, 0) is 6.42 Å². The molecule has 0 aromatic heterocycles. The quantitative estimate of drug-likeness (QED) is 0.447. The van der Waals surface area contributed by atoms with E-state index >= 15 is 0 Å². The van der Waals surface area contributed by atoms with Gasteiger partial charge < -0.3 is 8.85 Å². The maximum atomic E-state index is 12.3. The number of halogens is 3. The molecule has 0 aromatic carbocycles. The van der Waals surface area contributed by atoms with Crippen molar-refractivity contribution in [3.05, 3.63) is 0 Å². The van der Waals surface area contributed by atoms with Crippen LogP contribution in [0.5, 0.6) is 0 Å². The van der Waals surface area contributed by atoms with E-state index in [1.165, 1.54) is 14.2 Å². The molecule has 7 heteroatoms. The van der Waals surface area contributed by atoms with Crippen LogP contribution in [-0.4, -0.2) is 29.4 Å². The van der Waals surface area contributed by atoms with Crippen molar-refractivity contribution in [1.29, 1.82) is 0 Å². The number of alkyl halides is 3. The van der Waals surface area contributed by atoms with Crippen molar-refractivity contribution in [2.45, 2.75) is 57.9 Å². The van der Waals surface area contributed by atoms with Gasteiger partial charge in [-0.15, -0.1) is 13.2 Å². The number of rotatable bonds is 10. The molecule has 0 radical (unpaired) electrons. The predicted molar refractivity (Wildman–Crippen MR) is 65.1 cm³/mol.